The largest absolute Gasteiger partial charge is 0.508 e. The van der Waals surface area contributed by atoms with E-state index in [1.165, 1.54) is 6.07 Å². The van der Waals surface area contributed by atoms with E-state index < -0.39 is 9.84 Å². The van der Waals surface area contributed by atoms with Gasteiger partial charge < -0.3 is 10.4 Å². The summed E-state index contributed by atoms with van der Waals surface area (Å²) in [7, 11) is -3.18. The highest BCUT2D eigenvalue weighted by Crippen LogP contribution is 2.22. The first-order valence-electron chi connectivity index (χ1n) is 5.79. The van der Waals surface area contributed by atoms with Gasteiger partial charge in [-0.05, 0) is 25.5 Å². The van der Waals surface area contributed by atoms with E-state index in [4.69, 9.17) is 0 Å². The lowest BCUT2D eigenvalue weighted by atomic mass is 10.2. The minimum Gasteiger partial charge on any atom is -0.508 e. The summed E-state index contributed by atoms with van der Waals surface area (Å²) >= 11 is 0. The van der Waals surface area contributed by atoms with Crippen LogP contribution in [0.4, 0.5) is 0 Å². The maximum absolute atomic E-state index is 12.2. The summed E-state index contributed by atoms with van der Waals surface area (Å²) < 4.78 is 24.3. The maximum atomic E-state index is 12.2. The molecule has 0 spiro atoms. The molecule has 0 radical (unpaired) electrons. The van der Waals surface area contributed by atoms with Crippen LogP contribution in [0.25, 0.3) is 0 Å². The predicted octanol–water partition coefficient (Wildman–Crippen LogP) is 1.06. The second-order valence-corrected chi connectivity index (χ2v) is 6.69. The minimum atomic E-state index is -3.18. The van der Waals surface area contributed by atoms with Crippen molar-refractivity contribution in [2.24, 2.45) is 0 Å². The van der Waals surface area contributed by atoms with Gasteiger partial charge >= 0.3 is 0 Å². The van der Waals surface area contributed by atoms with Crippen LogP contribution in [0.15, 0.2) is 24.3 Å². The third-order valence-corrected chi connectivity index (χ3v) is 5.24. The van der Waals surface area contributed by atoms with Crippen molar-refractivity contribution in [2.75, 3.05) is 13.1 Å². The fourth-order valence-electron chi connectivity index (χ4n) is 2.09. The van der Waals surface area contributed by atoms with Gasteiger partial charge in [0, 0.05) is 12.1 Å². The summed E-state index contributed by atoms with van der Waals surface area (Å²) in [6, 6.07) is 6.60. The number of aromatic hydroxyl groups is 1. The highest BCUT2D eigenvalue weighted by Gasteiger charge is 2.27. The van der Waals surface area contributed by atoms with Crippen LogP contribution < -0.4 is 5.32 Å². The molecule has 17 heavy (non-hydrogen) atoms. The Morgan fingerprint density at radius 2 is 2.12 bits per heavy atom. The maximum Gasteiger partial charge on any atom is 0.158 e. The minimum absolute atomic E-state index is 0.0554. The van der Waals surface area contributed by atoms with Gasteiger partial charge in [-0.2, -0.15) is 0 Å². The van der Waals surface area contributed by atoms with Gasteiger partial charge in [0.25, 0.3) is 0 Å². The molecule has 1 aliphatic heterocycles. The van der Waals surface area contributed by atoms with Crippen molar-refractivity contribution in [1.82, 2.24) is 5.32 Å². The summed E-state index contributed by atoms with van der Waals surface area (Å²) in [5, 5.41) is 12.4. The van der Waals surface area contributed by atoms with Crippen LogP contribution in [0.2, 0.25) is 0 Å². The molecular formula is C12H17NO3S. The molecule has 2 N–H and O–H groups in total. The van der Waals surface area contributed by atoms with Gasteiger partial charge in [0.1, 0.15) is 5.75 Å². The highest BCUT2D eigenvalue weighted by atomic mass is 32.2. The van der Waals surface area contributed by atoms with Gasteiger partial charge in [-0.1, -0.05) is 18.2 Å². The number of phenolic OH excluding ortho intramolecular Hbond substituents is 1. The molecule has 0 amide bonds. The number of para-hydroxylation sites is 1. The Kier molecular flexibility index (Phi) is 3.69. The fraction of sp³-hybridized carbons (Fsp3) is 0.500. The molecule has 1 fully saturated rings. The van der Waals surface area contributed by atoms with Gasteiger partial charge in [0.2, 0.25) is 0 Å². The lowest BCUT2D eigenvalue weighted by Crippen LogP contribution is -2.39. The topological polar surface area (TPSA) is 66.4 Å². The summed E-state index contributed by atoms with van der Waals surface area (Å²) in [5.74, 6) is -0.0220. The van der Waals surface area contributed by atoms with Crippen molar-refractivity contribution in [3.8, 4) is 5.75 Å². The lowest BCUT2D eigenvalue weighted by Gasteiger charge is -2.22. The molecule has 1 saturated heterocycles. The normalized spacial score (nSPS) is 21.3. The van der Waals surface area contributed by atoms with Gasteiger partial charge in [0.15, 0.2) is 9.84 Å². The zero-order valence-corrected chi connectivity index (χ0v) is 10.4. The Balaban J connectivity index is 2.14. The fourth-order valence-corrected chi connectivity index (χ4v) is 3.90. The molecule has 4 nitrogen and oxygen atoms in total. The van der Waals surface area contributed by atoms with E-state index >= 15 is 0 Å². The molecule has 1 aromatic rings. The Bertz CT molecular complexity index is 478. The summed E-state index contributed by atoms with van der Waals surface area (Å²) in [4.78, 5) is 0. The smallest absolute Gasteiger partial charge is 0.158 e. The van der Waals surface area contributed by atoms with Gasteiger partial charge in [0.05, 0.1) is 11.0 Å². The average molecular weight is 255 g/mol. The number of hydrogen-bond donors (Lipinski definition) is 2. The Morgan fingerprint density at radius 3 is 2.76 bits per heavy atom. The molecule has 0 aromatic heterocycles. The number of hydrogen-bond acceptors (Lipinski definition) is 4. The van der Waals surface area contributed by atoms with Crippen molar-refractivity contribution >= 4 is 9.84 Å². The first kappa shape index (κ1) is 12.4. The average Bonchev–Trinajstić information content (AvgIpc) is 2.33. The first-order valence-corrected chi connectivity index (χ1v) is 7.50. The van der Waals surface area contributed by atoms with Crippen molar-refractivity contribution in [3.05, 3.63) is 29.8 Å². The monoisotopic (exact) mass is 255 g/mol. The highest BCUT2D eigenvalue weighted by molar-refractivity contribution is 7.91. The van der Waals surface area contributed by atoms with Crippen LogP contribution >= 0.6 is 0 Å². The third-order valence-electron chi connectivity index (χ3n) is 3.11. The number of nitrogens with one attached hydrogen (secondary N) is 1. The van der Waals surface area contributed by atoms with E-state index in [1.807, 2.05) is 0 Å². The Hall–Kier alpha value is -1.07. The number of piperidine rings is 1. The zero-order chi connectivity index (χ0) is 12.3. The lowest BCUT2D eigenvalue weighted by molar-refractivity contribution is 0.468. The Labute approximate surface area is 102 Å². The SMILES string of the molecule is O=S(=O)(Cc1ccccc1O)C1CCCNC1. The summed E-state index contributed by atoms with van der Waals surface area (Å²) in [5.41, 5.74) is 0.484. The molecule has 2 rings (SSSR count). The third kappa shape index (κ3) is 2.98. The molecule has 1 atom stereocenters. The molecule has 5 heteroatoms. The van der Waals surface area contributed by atoms with Gasteiger partial charge in [-0.15, -0.1) is 0 Å². The van der Waals surface area contributed by atoms with E-state index in [1.54, 1.807) is 18.2 Å². The first-order chi connectivity index (χ1) is 8.09. The molecular weight excluding hydrogens is 238 g/mol. The summed E-state index contributed by atoms with van der Waals surface area (Å²) in [6.45, 7) is 1.42. The van der Waals surface area contributed by atoms with Gasteiger partial charge in [-0.25, -0.2) is 8.42 Å². The van der Waals surface area contributed by atoms with Crippen LogP contribution in [0, 0.1) is 0 Å². The van der Waals surface area contributed by atoms with E-state index in [2.05, 4.69) is 5.32 Å². The molecule has 0 aliphatic carbocycles. The molecule has 1 aromatic carbocycles. The quantitative estimate of drug-likeness (QED) is 0.847. The van der Waals surface area contributed by atoms with Crippen LogP contribution in [0.3, 0.4) is 0 Å². The van der Waals surface area contributed by atoms with Crippen LogP contribution in [0.1, 0.15) is 18.4 Å². The number of sulfone groups is 1. The van der Waals surface area contributed by atoms with Crippen molar-refractivity contribution in [1.29, 1.82) is 0 Å². The molecule has 1 heterocycles. The van der Waals surface area contributed by atoms with Crippen LogP contribution in [-0.2, 0) is 15.6 Å². The Morgan fingerprint density at radius 1 is 1.35 bits per heavy atom. The second-order valence-electron chi connectivity index (χ2n) is 4.40. The van der Waals surface area contributed by atoms with E-state index in [9.17, 15) is 13.5 Å². The van der Waals surface area contributed by atoms with E-state index in [0.717, 1.165) is 13.0 Å². The van der Waals surface area contributed by atoms with Gasteiger partial charge in [-0.3, -0.25) is 0 Å². The second kappa shape index (κ2) is 5.06. The van der Waals surface area contributed by atoms with Crippen LogP contribution in [-0.4, -0.2) is 31.9 Å². The molecule has 1 aliphatic rings. The molecule has 94 valence electrons. The van der Waals surface area contributed by atoms with Crippen molar-refractivity contribution in [3.63, 3.8) is 0 Å². The van der Waals surface area contributed by atoms with E-state index in [-0.39, 0.29) is 16.8 Å². The molecule has 1 unspecified atom stereocenters. The summed E-state index contributed by atoms with van der Waals surface area (Å²) in [6.07, 6.45) is 1.60. The van der Waals surface area contributed by atoms with Crippen molar-refractivity contribution in [2.45, 2.75) is 23.8 Å². The van der Waals surface area contributed by atoms with Crippen molar-refractivity contribution < 1.29 is 13.5 Å². The number of phenols is 1. The standard InChI is InChI=1S/C12H17NO3S/c14-12-6-2-1-4-10(12)9-17(15,16)11-5-3-7-13-8-11/h1-2,4,6,11,13-14H,3,5,7-9H2. The number of rotatable bonds is 3. The predicted molar refractivity (Wildman–Crippen MR) is 66.6 cm³/mol. The zero-order valence-electron chi connectivity index (χ0n) is 9.59. The molecule has 0 bridgehead atoms. The van der Waals surface area contributed by atoms with E-state index in [0.29, 0.717) is 18.5 Å². The van der Waals surface area contributed by atoms with Crippen LogP contribution in [0.5, 0.6) is 5.75 Å². The number of benzene rings is 1. The molecule has 0 saturated carbocycles.